The van der Waals surface area contributed by atoms with E-state index < -0.39 is 0 Å². The van der Waals surface area contributed by atoms with Gasteiger partial charge in [-0.25, -0.2) is 0 Å². The number of ether oxygens (including phenoxy) is 1. The van der Waals surface area contributed by atoms with Crippen molar-refractivity contribution < 1.29 is 4.74 Å². The van der Waals surface area contributed by atoms with Crippen LogP contribution in [0.2, 0.25) is 0 Å². The molecule has 84 valence electrons. The Labute approximate surface area is 91.6 Å². The second-order valence-corrected chi connectivity index (χ2v) is 3.46. The fraction of sp³-hybridized carbons (Fsp3) is 0.500. The van der Waals surface area contributed by atoms with Gasteiger partial charge < -0.3 is 15.8 Å². The van der Waals surface area contributed by atoms with Crippen LogP contribution in [0.4, 0.5) is 0 Å². The maximum absolute atomic E-state index is 5.55. The van der Waals surface area contributed by atoms with Crippen molar-refractivity contribution in [1.82, 2.24) is 5.32 Å². The van der Waals surface area contributed by atoms with E-state index in [-0.39, 0.29) is 0 Å². The number of hydrogen-bond donors (Lipinski definition) is 2. The van der Waals surface area contributed by atoms with Crippen molar-refractivity contribution in [3.8, 4) is 5.75 Å². The topological polar surface area (TPSA) is 47.3 Å². The van der Waals surface area contributed by atoms with Crippen molar-refractivity contribution in [2.75, 3.05) is 19.7 Å². The van der Waals surface area contributed by atoms with Gasteiger partial charge in [-0.1, -0.05) is 19.1 Å². The number of rotatable bonds is 7. The highest BCUT2D eigenvalue weighted by atomic mass is 16.5. The predicted molar refractivity (Wildman–Crippen MR) is 63.0 cm³/mol. The molecule has 0 saturated carbocycles. The third-order valence-electron chi connectivity index (χ3n) is 2.02. The minimum atomic E-state index is 0.673. The van der Waals surface area contributed by atoms with E-state index in [0.29, 0.717) is 6.54 Å². The summed E-state index contributed by atoms with van der Waals surface area (Å²) < 4.78 is 5.55. The maximum atomic E-state index is 5.55. The number of hydrogen-bond acceptors (Lipinski definition) is 3. The van der Waals surface area contributed by atoms with E-state index in [0.717, 1.165) is 31.9 Å². The van der Waals surface area contributed by atoms with Gasteiger partial charge in [-0.15, -0.1) is 0 Å². The quantitative estimate of drug-likeness (QED) is 0.668. The van der Waals surface area contributed by atoms with Crippen LogP contribution >= 0.6 is 0 Å². The van der Waals surface area contributed by atoms with Crippen LogP contribution in [0, 0.1) is 0 Å². The number of nitrogens with one attached hydrogen (secondary N) is 1. The van der Waals surface area contributed by atoms with E-state index in [9.17, 15) is 0 Å². The Kier molecular flexibility index (Phi) is 5.81. The summed E-state index contributed by atoms with van der Waals surface area (Å²) in [5.74, 6) is 0.948. The number of nitrogens with two attached hydrogens (primary N) is 1. The average molecular weight is 208 g/mol. The Morgan fingerprint density at radius 2 is 2.27 bits per heavy atom. The zero-order valence-electron chi connectivity index (χ0n) is 9.33. The van der Waals surface area contributed by atoms with Crippen molar-refractivity contribution in [2.45, 2.75) is 19.9 Å². The SMILES string of the molecule is CCCOc1cccc(CNCCN)c1. The van der Waals surface area contributed by atoms with Crippen LogP contribution in [-0.4, -0.2) is 19.7 Å². The van der Waals surface area contributed by atoms with Gasteiger partial charge in [0.2, 0.25) is 0 Å². The molecule has 0 aliphatic carbocycles. The minimum Gasteiger partial charge on any atom is -0.494 e. The summed E-state index contributed by atoms with van der Waals surface area (Å²) >= 11 is 0. The largest absolute Gasteiger partial charge is 0.494 e. The molecule has 1 aromatic rings. The van der Waals surface area contributed by atoms with Gasteiger partial charge in [0.15, 0.2) is 0 Å². The summed E-state index contributed by atoms with van der Waals surface area (Å²) in [7, 11) is 0. The van der Waals surface area contributed by atoms with Gasteiger partial charge in [-0.05, 0) is 24.1 Å². The van der Waals surface area contributed by atoms with Gasteiger partial charge in [0.05, 0.1) is 6.61 Å². The van der Waals surface area contributed by atoms with Gasteiger partial charge in [-0.3, -0.25) is 0 Å². The lowest BCUT2D eigenvalue weighted by Gasteiger charge is -2.07. The molecule has 0 amide bonds. The number of benzene rings is 1. The molecule has 15 heavy (non-hydrogen) atoms. The lowest BCUT2D eigenvalue weighted by molar-refractivity contribution is 0.317. The zero-order valence-corrected chi connectivity index (χ0v) is 9.33. The molecule has 0 aromatic heterocycles. The molecule has 1 rings (SSSR count). The third-order valence-corrected chi connectivity index (χ3v) is 2.02. The van der Waals surface area contributed by atoms with Crippen LogP contribution in [0.15, 0.2) is 24.3 Å². The minimum absolute atomic E-state index is 0.673. The molecule has 3 nitrogen and oxygen atoms in total. The molecular formula is C12H20N2O. The molecule has 0 heterocycles. The van der Waals surface area contributed by atoms with E-state index >= 15 is 0 Å². The Morgan fingerprint density at radius 3 is 3.00 bits per heavy atom. The van der Waals surface area contributed by atoms with Crippen LogP contribution in [-0.2, 0) is 6.54 Å². The van der Waals surface area contributed by atoms with E-state index in [1.54, 1.807) is 0 Å². The molecule has 0 atom stereocenters. The molecule has 0 aliphatic rings. The smallest absolute Gasteiger partial charge is 0.119 e. The average Bonchev–Trinajstić information content (AvgIpc) is 2.27. The molecule has 0 aliphatic heterocycles. The first kappa shape index (κ1) is 12.0. The fourth-order valence-electron chi connectivity index (χ4n) is 1.30. The van der Waals surface area contributed by atoms with Gasteiger partial charge in [0.1, 0.15) is 5.75 Å². The first-order valence-corrected chi connectivity index (χ1v) is 5.49. The Hall–Kier alpha value is -1.06. The normalized spacial score (nSPS) is 10.3. The van der Waals surface area contributed by atoms with E-state index in [2.05, 4.69) is 24.4 Å². The highest BCUT2D eigenvalue weighted by Gasteiger charge is 1.95. The van der Waals surface area contributed by atoms with Crippen LogP contribution in [0.1, 0.15) is 18.9 Å². The maximum Gasteiger partial charge on any atom is 0.119 e. The van der Waals surface area contributed by atoms with Gasteiger partial charge in [0.25, 0.3) is 0 Å². The van der Waals surface area contributed by atoms with Crippen molar-refractivity contribution >= 4 is 0 Å². The van der Waals surface area contributed by atoms with Crippen LogP contribution in [0.25, 0.3) is 0 Å². The van der Waals surface area contributed by atoms with Gasteiger partial charge in [-0.2, -0.15) is 0 Å². The zero-order chi connectivity index (χ0) is 10.9. The third kappa shape index (κ3) is 4.81. The molecule has 1 aromatic carbocycles. The highest BCUT2D eigenvalue weighted by molar-refractivity contribution is 5.28. The molecule has 0 fully saturated rings. The summed E-state index contributed by atoms with van der Waals surface area (Å²) in [4.78, 5) is 0. The van der Waals surface area contributed by atoms with E-state index in [4.69, 9.17) is 10.5 Å². The fourth-order valence-corrected chi connectivity index (χ4v) is 1.30. The van der Waals surface area contributed by atoms with Crippen LogP contribution in [0.3, 0.4) is 0 Å². The van der Waals surface area contributed by atoms with Crippen molar-refractivity contribution in [3.63, 3.8) is 0 Å². The van der Waals surface area contributed by atoms with E-state index in [1.807, 2.05) is 12.1 Å². The van der Waals surface area contributed by atoms with Crippen LogP contribution < -0.4 is 15.8 Å². The lowest BCUT2D eigenvalue weighted by Crippen LogP contribution is -2.21. The second kappa shape index (κ2) is 7.26. The molecule has 0 bridgehead atoms. The Balaban J connectivity index is 2.42. The molecule has 3 N–H and O–H groups in total. The first-order chi connectivity index (χ1) is 7.36. The first-order valence-electron chi connectivity index (χ1n) is 5.49. The Morgan fingerprint density at radius 1 is 1.40 bits per heavy atom. The molecule has 0 saturated heterocycles. The lowest BCUT2D eigenvalue weighted by atomic mass is 10.2. The monoisotopic (exact) mass is 208 g/mol. The Bertz CT molecular complexity index is 276. The predicted octanol–water partition coefficient (Wildman–Crippen LogP) is 1.52. The second-order valence-electron chi connectivity index (χ2n) is 3.46. The summed E-state index contributed by atoms with van der Waals surface area (Å²) in [5.41, 5.74) is 6.63. The summed E-state index contributed by atoms with van der Waals surface area (Å²) in [5, 5.41) is 3.25. The molecule has 0 unspecified atom stereocenters. The summed E-state index contributed by atoms with van der Waals surface area (Å²) in [6, 6.07) is 8.16. The standard InChI is InChI=1S/C12H20N2O/c1-2-8-15-12-5-3-4-11(9-12)10-14-7-6-13/h3-5,9,14H,2,6-8,10,13H2,1H3. The molecule has 3 heteroatoms. The van der Waals surface area contributed by atoms with Gasteiger partial charge in [0, 0.05) is 19.6 Å². The summed E-state index contributed by atoms with van der Waals surface area (Å²) in [6.45, 7) is 5.25. The molecule has 0 spiro atoms. The van der Waals surface area contributed by atoms with Crippen molar-refractivity contribution in [2.24, 2.45) is 5.73 Å². The van der Waals surface area contributed by atoms with Crippen LogP contribution in [0.5, 0.6) is 5.75 Å². The molecule has 0 radical (unpaired) electrons. The van der Waals surface area contributed by atoms with E-state index in [1.165, 1.54) is 5.56 Å². The van der Waals surface area contributed by atoms with Crippen molar-refractivity contribution in [1.29, 1.82) is 0 Å². The summed E-state index contributed by atoms with van der Waals surface area (Å²) in [6.07, 6.45) is 1.04. The highest BCUT2D eigenvalue weighted by Crippen LogP contribution is 2.13. The van der Waals surface area contributed by atoms with Crippen molar-refractivity contribution in [3.05, 3.63) is 29.8 Å². The molecular weight excluding hydrogens is 188 g/mol. The van der Waals surface area contributed by atoms with Gasteiger partial charge >= 0.3 is 0 Å².